The summed E-state index contributed by atoms with van der Waals surface area (Å²) in [7, 11) is 0. The zero-order valence-electron chi connectivity index (χ0n) is 12.5. The Morgan fingerprint density at radius 1 is 1.17 bits per heavy atom. The molecule has 1 atom stereocenters. The van der Waals surface area contributed by atoms with E-state index in [4.69, 9.17) is 11.6 Å². The second kappa shape index (κ2) is 8.13. The molecular formula is C17H16BrClN2O2. The fraction of sp³-hybridized carbons (Fsp3) is 0.176. The molecule has 0 spiro atoms. The minimum atomic E-state index is -0.291. The van der Waals surface area contributed by atoms with Crippen LogP contribution in [-0.2, 0) is 4.79 Å². The SMILES string of the molecule is CC(NC(=O)CNC(=O)c1cccc(Br)c1)c1ccc(Cl)cc1. The van der Waals surface area contributed by atoms with Crippen molar-refractivity contribution in [1.82, 2.24) is 10.6 Å². The second-order valence-corrected chi connectivity index (χ2v) is 6.39. The second-order valence-electron chi connectivity index (χ2n) is 5.03. The minimum absolute atomic E-state index is 0.0801. The van der Waals surface area contributed by atoms with E-state index >= 15 is 0 Å². The lowest BCUT2D eigenvalue weighted by Crippen LogP contribution is -2.38. The number of carbonyl (C=O) groups is 2. The molecule has 1 unspecified atom stereocenters. The number of hydrogen-bond acceptors (Lipinski definition) is 2. The molecular weight excluding hydrogens is 380 g/mol. The zero-order valence-corrected chi connectivity index (χ0v) is 14.8. The van der Waals surface area contributed by atoms with Crippen molar-refractivity contribution in [3.05, 3.63) is 69.2 Å². The first-order chi connectivity index (χ1) is 11.0. The lowest BCUT2D eigenvalue weighted by atomic mass is 10.1. The molecule has 0 saturated heterocycles. The molecule has 4 nitrogen and oxygen atoms in total. The van der Waals surface area contributed by atoms with E-state index in [-0.39, 0.29) is 24.4 Å². The van der Waals surface area contributed by atoms with Gasteiger partial charge in [-0.3, -0.25) is 9.59 Å². The number of nitrogens with one attached hydrogen (secondary N) is 2. The van der Waals surface area contributed by atoms with Gasteiger partial charge in [-0.25, -0.2) is 0 Å². The van der Waals surface area contributed by atoms with Crippen molar-refractivity contribution in [1.29, 1.82) is 0 Å². The molecule has 0 aromatic heterocycles. The van der Waals surface area contributed by atoms with E-state index in [9.17, 15) is 9.59 Å². The Morgan fingerprint density at radius 2 is 1.87 bits per heavy atom. The molecule has 0 aliphatic rings. The van der Waals surface area contributed by atoms with Gasteiger partial charge in [0.2, 0.25) is 5.91 Å². The average Bonchev–Trinajstić information content (AvgIpc) is 2.53. The Labute approximate surface area is 148 Å². The minimum Gasteiger partial charge on any atom is -0.348 e. The highest BCUT2D eigenvalue weighted by atomic mass is 79.9. The van der Waals surface area contributed by atoms with Crippen molar-refractivity contribution in [2.24, 2.45) is 0 Å². The zero-order chi connectivity index (χ0) is 16.8. The van der Waals surface area contributed by atoms with Crippen molar-refractivity contribution >= 4 is 39.3 Å². The maximum atomic E-state index is 12.0. The van der Waals surface area contributed by atoms with Crippen LogP contribution in [0.5, 0.6) is 0 Å². The summed E-state index contributed by atoms with van der Waals surface area (Å²) < 4.78 is 0.811. The van der Waals surface area contributed by atoms with Crippen molar-refractivity contribution in [2.45, 2.75) is 13.0 Å². The van der Waals surface area contributed by atoms with Crippen LogP contribution in [0, 0.1) is 0 Å². The lowest BCUT2D eigenvalue weighted by molar-refractivity contribution is -0.120. The number of amides is 2. The van der Waals surface area contributed by atoms with Crippen molar-refractivity contribution < 1.29 is 9.59 Å². The number of halogens is 2. The molecule has 2 amide bonds. The molecule has 23 heavy (non-hydrogen) atoms. The van der Waals surface area contributed by atoms with Crippen LogP contribution >= 0.6 is 27.5 Å². The molecule has 0 saturated carbocycles. The summed E-state index contributed by atoms with van der Waals surface area (Å²) in [5.74, 6) is -0.545. The molecule has 0 fully saturated rings. The van der Waals surface area contributed by atoms with Gasteiger partial charge in [0.15, 0.2) is 0 Å². The predicted molar refractivity (Wildman–Crippen MR) is 94.5 cm³/mol. The van der Waals surface area contributed by atoms with Gasteiger partial charge in [0, 0.05) is 15.1 Å². The van der Waals surface area contributed by atoms with Gasteiger partial charge >= 0.3 is 0 Å². The first-order valence-corrected chi connectivity index (χ1v) is 8.21. The molecule has 0 heterocycles. The van der Waals surface area contributed by atoms with Gasteiger partial charge in [0.25, 0.3) is 5.91 Å². The standard InChI is InChI=1S/C17H16BrClN2O2/c1-11(12-5-7-15(19)8-6-12)21-16(22)10-20-17(23)13-3-2-4-14(18)9-13/h2-9,11H,10H2,1H3,(H,20,23)(H,21,22). The topological polar surface area (TPSA) is 58.2 Å². The molecule has 2 rings (SSSR count). The molecule has 2 aromatic rings. The normalized spacial score (nSPS) is 11.6. The first kappa shape index (κ1) is 17.5. The van der Waals surface area contributed by atoms with Crippen LogP contribution in [0.3, 0.4) is 0 Å². The summed E-state index contributed by atoms with van der Waals surface area (Å²) in [6, 6.07) is 14.1. The fourth-order valence-electron chi connectivity index (χ4n) is 2.02. The molecule has 2 N–H and O–H groups in total. The van der Waals surface area contributed by atoms with Crippen LogP contribution in [0.2, 0.25) is 5.02 Å². The van der Waals surface area contributed by atoms with E-state index < -0.39 is 0 Å². The summed E-state index contributed by atoms with van der Waals surface area (Å²) in [6.07, 6.45) is 0. The average molecular weight is 396 g/mol. The Kier molecular flexibility index (Phi) is 6.19. The van der Waals surface area contributed by atoms with E-state index in [2.05, 4.69) is 26.6 Å². The highest BCUT2D eigenvalue weighted by Gasteiger charge is 2.11. The molecule has 0 aliphatic heterocycles. The van der Waals surface area contributed by atoms with Gasteiger partial charge in [0.05, 0.1) is 12.6 Å². The third-order valence-corrected chi connectivity index (χ3v) is 3.99. The smallest absolute Gasteiger partial charge is 0.251 e. The third kappa shape index (κ3) is 5.37. The van der Waals surface area contributed by atoms with Crippen molar-refractivity contribution in [3.63, 3.8) is 0 Å². The summed E-state index contributed by atoms with van der Waals surface area (Å²) in [5.41, 5.74) is 1.44. The Balaban J connectivity index is 1.85. The molecule has 2 aromatic carbocycles. The van der Waals surface area contributed by atoms with E-state index in [1.165, 1.54) is 0 Å². The van der Waals surface area contributed by atoms with E-state index in [0.717, 1.165) is 10.0 Å². The van der Waals surface area contributed by atoms with Crippen LogP contribution in [0.25, 0.3) is 0 Å². The number of rotatable bonds is 5. The molecule has 0 radical (unpaired) electrons. The molecule has 0 aliphatic carbocycles. The summed E-state index contributed by atoms with van der Waals surface area (Å²) >= 11 is 9.14. The lowest BCUT2D eigenvalue weighted by Gasteiger charge is -2.15. The Morgan fingerprint density at radius 3 is 2.52 bits per heavy atom. The summed E-state index contributed by atoms with van der Waals surface area (Å²) in [6.45, 7) is 1.79. The molecule has 6 heteroatoms. The van der Waals surface area contributed by atoms with Gasteiger partial charge in [-0.05, 0) is 42.8 Å². The predicted octanol–water partition coefficient (Wildman–Crippen LogP) is 3.71. The highest BCUT2D eigenvalue weighted by molar-refractivity contribution is 9.10. The van der Waals surface area contributed by atoms with Crippen LogP contribution in [0.1, 0.15) is 28.9 Å². The monoisotopic (exact) mass is 394 g/mol. The summed E-state index contributed by atoms with van der Waals surface area (Å²) in [4.78, 5) is 23.9. The van der Waals surface area contributed by atoms with E-state index in [1.807, 2.05) is 25.1 Å². The first-order valence-electron chi connectivity index (χ1n) is 7.04. The van der Waals surface area contributed by atoms with E-state index in [0.29, 0.717) is 10.6 Å². The van der Waals surface area contributed by atoms with Gasteiger partial charge in [-0.15, -0.1) is 0 Å². The maximum absolute atomic E-state index is 12.0. The molecule has 0 bridgehead atoms. The number of carbonyl (C=O) groups excluding carboxylic acids is 2. The maximum Gasteiger partial charge on any atom is 0.251 e. The summed E-state index contributed by atoms with van der Waals surface area (Å²) in [5, 5.41) is 6.07. The number of benzene rings is 2. The van der Waals surface area contributed by atoms with Crippen LogP contribution < -0.4 is 10.6 Å². The van der Waals surface area contributed by atoms with Gasteiger partial charge in [-0.2, -0.15) is 0 Å². The Bertz CT molecular complexity index is 704. The van der Waals surface area contributed by atoms with Crippen molar-refractivity contribution in [2.75, 3.05) is 6.54 Å². The quantitative estimate of drug-likeness (QED) is 0.811. The highest BCUT2D eigenvalue weighted by Crippen LogP contribution is 2.15. The van der Waals surface area contributed by atoms with Gasteiger partial charge < -0.3 is 10.6 Å². The van der Waals surface area contributed by atoms with Crippen LogP contribution in [0.15, 0.2) is 53.0 Å². The number of hydrogen-bond donors (Lipinski definition) is 2. The Hall–Kier alpha value is -1.85. The third-order valence-electron chi connectivity index (χ3n) is 3.24. The van der Waals surface area contributed by atoms with Crippen LogP contribution in [-0.4, -0.2) is 18.4 Å². The van der Waals surface area contributed by atoms with E-state index in [1.54, 1.807) is 30.3 Å². The van der Waals surface area contributed by atoms with Gasteiger partial charge in [-0.1, -0.05) is 45.7 Å². The van der Waals surface area contributed by atoms with Crippen LogP contribution in [0.4, 0.5) is 0 Å². The largest absolute Gasteiger partial charge is 0.348 e. The van der Waals surface area contributed by atoms with Gasteiger partial charge in [0.1, 0.15) is 0 Å². The van der Waals surface area contributed by atoms with Crippen molar-refractivity contribution in [3.8, 4) is 0 Å². The molecule has 120 valence electrons. The fourth-order valence-corrected chi connectivity index (χ4v) is 2.54.